The molecule has 0 radical (unpaired) electrons. The van der Waals surface area contributed by atoms with Gasteiger partial charge in [0.2, 0.25) is 0 Å². The van der Waals surface area contributed by atoms with E-state index in [1.54, 1.807) is 0 Å². The van der Waals surface area contributed by atoms with Crippen molar-refractivity contribution in [1.82, 2.24) is 0 Å². The third-order valence-corrected chi connectivity index (χ3v) is 8.31. The quantitative estimate of drug-likeness (QED) is 0.271. The Morgan fingerprint density at radius 3 is 1.37 bits per heavy atom. The fourth-order valence-electron chi connectivity index (χ4n) is 4.88. The van der Waals surface area contributed by atoms with Gasteiger partial charge in [0.1, 0.15) is 37.8 Å². The number of ether oxygens (including phenoxy) is 2. The monoisotopic (exact) mass is 660 g/mol. The molecule has 4 nitrogen and oxygen atoms in total. The van der Waals surface area contributed by atoms with Gasteiger partial charge in [-0.2, -0.15) is 0 Å². The molecule has 0 spiro atoms. The van der Waals surface area contributed by atoms with Crippen LogP contribution in [0.1, 0.15) is 67.5 Å². The minimum Gasteiger partial charge on any atom is -1.00 e. The van der Waals surface area contributed by atoms with Crippen molar-refractivity contribution in [3.8, 4) is 22.6 Å². The standard InChI is InChI=1S/C30H50N2O2.2CH4.2BrH/c1-9-31(10-2,11-3)19-21-33-29-24-28(27-17-15-25(7)16-18-27)30(23-26(29)8)34-22-20-32(12-4,13-5)14-6;;;;/h15-18,23-24H,9-14,19-22H2,1-8H3;2*1H4;2*1H/q+2;;;;/p-2. The van der Waals surface area contributed by atoms with Crippen LogP contribution in [0.5, 0.6) is 11.5 Å². The van der Waals surface area contributed by atoms with Crippen molar-refractivity contribution in [3.63, 3.8) is 0 Å². The maximum Gasteiger partial charge on any atom is 0.137 e. The number of nitrogens with zero attached hydrogens (tertiary/aromatic N) is 2. The predicted molar refractivity (Wildman–Crippen MR) is 159 cm³/mol. The molecule has 0 heterocycles. The van der Waals surface area contributed by atoms with Crippen LogP contribution in [0.3, 0.4) is 0 Å². The highest BCUT2D eigenvalue weighted by atomic mass is 79.9. The molecule has 0 aliphatic carbocycles. The Balaban J connectivity index is -0.00000306. The molecule has 0 fully saturated rings. The molecule has 0 unspecified atom stereocenters. The summed E-state index contributed by atoms with van der Waals surface area (Å²) in [5.74, 6) is 1.92. The maximum atomic E-state index is 6.46. The number of halogens is 2. The van der Waals surface area contributed by atoms with Crippen LogP contribution in [0.4, 0.5) is 0 Å². The smallest absolute Gasteiger partial charge is 0.137 e. The molecule has 0 N–H and O–H groups in total. The van der Waals surface area contributed by atoms with Crippen LogP contribution in [0, 0.1) is 13.8 Å². The Kier molecular flexibility index (Phi) is 21.7. The molecular formula is C32H58Br2N2O2. The van der Waals surface area contributed by atoms with Crippen molar-refractivity contribution < 1.29 is 52.4 Å². The van der Waals surface area contributed by atoms with Gasteiger partial charge >= 0.3 is 0 Å². The van der Waals surface area contributed by atoms with E-state index < -0.39 is 0 Å². The van der Waals surface area contributed by atoms with E-state index in [1.807, 2.05) is 0 Å². The summed E-state index contributed by atoms with van der Waals surface area (Å²) in [6, 6.07) is 13.1. The molecule has 6 heteroatoms. The van der Waals surface area contributed by atoms with Crippen LogP contribution in [0.25, 0.3) is 11.1 Å². The summed E-state index contributed by atoms with van der Waals surface area (Å²) in [7, 11) is 0. The second kappa shape index (κ2) is 19.9. The summed E-state index contributed by atoms with van der Waals surface area (Å²) in [6.07, 6.45) is 0. The predicted octanol–water partition coefficient (Wildman–Crippen LogP) is 1.76. The summed E-state index contributed by atoms with van der Waals surface area (Å²) < 4.78 is 15.0. The van der Waals surface area contributed by atoms with Crippen molar-refractivity contribution in [2.45, 2.75) is 70.2 Å². The van der Waals surface area contributed by atoms with Gasteiger partial charge in [-0.15, -0.1) is 0 Å². The van der Waals surface area contributed by atoms with Crippen LogP contribution >= 0.6 is 0 Å². The van der Waals surface area contributed by atoms with Gasteiger partial charge in [0.15, 0.2) is 0 Å². The summed E-state index contributed by atoms with van der Waals surface area (Å²) in [6.45, 7) is 28.3. The van der Waals surface area contributed by atoms with E-state index in [0.717, 1.165) is 97.2 Å². The zero-order valence-electron chi connectivity index (χ0n) is 24.0. The Labute approximate surface area is 257 Å². The molecule has 2 aromatic carbocycles. The highest BCUT2D eigenvalue weighted by Crippen LogP contribution is 2.36. The molecule has 0 aliphatic rings. The third-order valence-electron chi connectivity index (χ3n) is 8.31. The first kappa shape index (κ1) is 41.4. The molecule has 0 amide bonds. The number of aryl methyl sites for hydroxylation is 2. The normalized spacial score (nSPS) is 10.8. The lowest BCUT2D eigenvalue weighted by atomic mass is 10.0. The van der Waals surface area contributed by atoms with E-state index in [0.29, 0.717) is 0 Å². The van der Waals surface area contributed by atoms with Crippen molar-refractivity contribution in [3.05, 3.63) is 47.5 Å². The van der Waals surface area contributed by atoms with Gasteiger partial charge < -0.3 is 52.4 Å². The van der Waals surface area contributed by atoms with Crippen LogP contribution < -0.4 is 43.4 Å². The topological polar surface area (TPSA) is 18.5 Å². The van der Waals surface area contributed by atoms with Crippen molar-refractivity contribution in [2.75, 3.05) is 65.6 Å². The minimum atomic E-state index is 0. The molecule has 0 saturated carbocycles. The molecular weight excluding hydrogens is 604 g/mol. The number of benzene rings is 2. The first-order chi connectivity index (χ1) is 16.3. The van der Waals surface area contributed by atoms with E-state index in [-0.39, 0.29) is 48.8 Å². The highest BCUT2D eigenvalue weighted by Gasteiger charge is 2.22. The van der Waals surface area contributed by atoms with E-state index >= 15 is 0 Å². The van der Waals surface area contributed by atoms with E-state index in [2.05, 4.69) is 91.8 Å². The summed E-state index contributed by atoms with van der Waals surface area (Å²) >= 11 is 0. The first-order valence-corrected chi connectivity index (χ1v) is 13.5. The van der Waals surface area contributed by atoms with Gasteiger partial charge in [0.25, 0.3) is 0 Å². The zero-order valence-corrected chi connectivity index (χ0v) is 27.2. The van der Waals surface area contributed by atoms with Crippen LogP contribution in [-0.4, -0.2) is 74.5 Å². The third kappa shape index (κ3) is 10.8. The van der Waals surface area contributed by atoms with E-state index in [4.69, 9.17) is 9.47 Å². The fourth-order valence-corrected chi connectivity index (χ4v) is 4.88. The average molecular weight is 663 g/mol. The number of hydrogen-bond donors (Lipinski definition) is 0. The summed E-state index contributed by atoms with van der Waals surface area (Å²) in [4.78, 5) is 0. The number of likely N-dealkylation sites (N-methyl/N-ethyl adjacent to an activating group) is 2. The van der Waals surface area contributed by atoms with Crippen molar-refractivity contribution in [1.29, 1.82) is 0 Å². The lowest BCUT2D eigenvalue weighted by Crippen LogP contribution is -3.00. The molecule has 38 heavy (non-hydrogen) atoms. The molecule has 0 bridgehead atoms. The zero-order chi connectivity index (χ0) is 25.2. The van der Waals surface area contributed by atoms with Gasteiger partial charge in [0, 0.05) is 5.56 Å². The second-order valence-corrected chi connectivity index (χ2v) is 9.70. The van der Waals surface area contributed by atoms with Crippen molar-refractivity contribution >= 4 is 0 Å². The maximum absolute atomic E-state index is 6.46. The Bertz CT molecular complexity index is 863. The number of rotatable bonds is 15. The van der Waals surface area contributed by atoms with E-state index in [1.165, 1.54) is 11.1 Å². The molecule has 2 aromatic rings. The Morgan fingerprint density at radius 2 is 0.974 bits per heavy atom. The fraction of sp³-hybridized carbons (Fsp3) is 0.625. The second-order valence-electron chi connectivity index (χ2n) is 9.70. The first-order valence-electron chi connectivity index (χ1n) is 13.5. The SMILES string of the molecule is C.C.CC[N+](CC)(CC)CCOc1cc(-c2ccc(C)cc2)c(OCC[N+](CC)(CC)CC)cc1C.[Br-].[Br-]. The number of quaternary nitrogens is 2. The largest absolute Gasteiger partial charge is 1.00 e. The average Bonchev–Trinajstić information content (AvgIpc) is 2.87. The van der Waals surface area contributed by atoms with Gasteiger partial charge in [0.05, 0.1) is 39.3 Å². The van der Waals surface area contributed by atoms with E-state index in [9.17, 15) is 0 Å². The van der Waals surface area contributed by atoms with Gasteiger partial charge in [-0.25, -0.2) is 0 Å². The van der Waals surface area contributed by atoms with Crippen LogP contribution in [-0.2, 0) is 0 Å². The van der Waals surface area contributed by atoms with Gasteiger partial charge in [-0.3, -0.25) is 0 Å². The molecule has 222 valence electrons. The highest BCUT2D eigenvalue weighted by molar-refractivity contribution is 5.73. The van der Waals surface area contributed by atoms with Crippen molar-refractivity contribution in [2.24, 2.45) is 0 Å². The number of hydrogen-bond acceptors (Lipinski definition) is 2. The van der Waals surface area contributed by atoms with Crippen LogP contribution in [0.15, 0.2) is 36.4 Å². The summed E-state index contributed by atoms with van der Waals surface area (Å²) in [5, 5.41) is 0. The minimum absolute atomic E-state index is 0. The summed E-state index contributed by atoms with van der Waals surface area (Å²) in [5.41, 5.74) is 4.69. The molecule has 0 aromatic heterocycles. The van der Waals surface area contributed by atoms with Gasteiger partial charge in [-0.1, -0.05) is 44.7 Å². The van der Waals surface area contributed by atoms with Gasteiger partial charge in [-0.05, 0) is 78.6 Å². The molecule has 2 rings (SSSR count). The molecule has 0 aliphatic heterocycles. The Hall–Kier alpha value is -1.08. The molecule has 0 saturated heterocycles. The van der Waals surface area contributed by atoms with Crippen LogP contribution in [0.2, 0.25) is 0 Å². The lowest BCUT2D eigenvalue weighted by molar-refractivity contribution is -0.923. The molecule has 0 atom stereocenters. The lowest BCUT2D eigenvalue weighted by Gasteiger charge is -2.35. The Morgan fingerprint density at radius 1 is 0.579 bits per heavy atom.